The van der Waals surface area contributed by atoms with Crippen LogP contribution in [0, 0.1) is 6.92 Å². The Morgan fingerprint density at radius 3 is 2.74 bits per heavy atom. The van der Waals surface area contributed by atoms with Gasteiger partial charge in [0.15, 0.2) is 10.3 Å². The van der Waals surface area contributed by atoms with Crippen molar-refractivity contribution < 1.29 is 9.21 Å². The van der Waals surface area contributed by atoms with E-state index in [4.69, 9.17) is 4.42 Å². The molecule has 0 atom stereocenters. The molecular formula is C21H16N2O2S2. The molecule has 27 heavy (non-hydrogen) atoms. The van der Waals surface area contributed by atoms with Gasteiger partial charge in [-0.15, -0.1) is 0 Å². The third-order valence-electron chi connectivity index (χ3n) is 3.72. The molecule has 6 heteroatoms. The van der Waals surface area contributed by atoms with E-state index in [0.29, 0.717) is 15.8 Å². The molecule has 1 saturated heterocycles. The standard InChI is InChI=1S/C21H16N2O2S2/c1-14-6-5-7-15(12-14)22-21-23-20(24)18(27-21)13-16-10-11-19(25-16)26-17-8-3-2-4-9-17/h2-13H,1H3,(H,22,23,24)/b18-13-. The van der Waals surface area contributed by atoms with Crippen LogP contribution in [0.2, 0.25) is 0 Å². The summed E-state index contributed by atoms with van der Waals surface area (Å²) >= 11 is 2.85. The smallest absolute Gasteiger partial charge is 0.264 e. The van der Waals surface area contributed by atoms with Crippen molar-refractivity contribution >= 4 is 46.4 Å². The molecule has 2 heterocycles. The maximum absolute atomic E-state index is 12.2. The van der Waals surface area contributed by atoms with Gasteiger partial charge >= 0.3 is 0 Å². The Labute approximate surface area is 165 Å². The number of carbonyl (C=O) groups excluding carboxylic acids is 1. The van der Waals surface area contributed by atoms with Crippen LogP contribution in [-0.4, -0.2) is 11.1 Å². The number of furan rings is 1. The van der Waals surface area contributed by atoms with Gasteiger partial charge in [-0.2, -0.15) is 0 Å². The van der Waals surface area contributed by atoms with Crippen LogP contribution >= 0.6 is 23.5 Å². The Morgan fingerprint density at radius 2 is 1.93 bits per heavy atom. The number of aryl methyl sites for hydroxylation is 1. The van der Waals surface area contributed by atoms with Crippen molar-refractivity contribution in [2.24, 2.45) is 4.99 Å². The number of nitrogens with one attached hydrogen (secondary N) is 1. The van der Waals surface area contributed by atoms with E-state index >= 15 is 0 Å². The van der Waals surface area contributed by atoms with Crippen LogP contribution in [0.4, 0.5) is 5.69 Å². The minimum Gasteiger partial charge on any atom is -0.450 e. The highest BCUT2D eigenvalue weighted by Gasteiger charge is 2.24. The quantitative estimate of drug-likeness (QED) is 0.585. The molecule has 4 rings (SSSR count). The normalized spacial score (nSPS) is 16.9. The molecular weight excluding hydrogens is 376 g/mol. The number of amides is 1. The first-order valence-electron chi connectivity index (χ1n) is 8.35. The molecule has 1 aliphatic heterocycles. The molecule has 1 aromatic heterocycles. The van der Waals surface area contributed by atoms with Gasteiger partial charge < -0.3 is 9.73 Å². The Balaban J connectivity index is 1.49. The monoisotopic (exact) mass is 392 g/mol. The molecule has 0 radical (unpaired) electrons. The first-order chi connectivity index (χ1) is 13.2. The second-order valence-corrected chi connectivity index (χ2v) is 8.00. The summed E-state index contributed by atoms with van der Waals surface area (Å²) in [6.07, 6.45) is 1.74. The van der Waals surface area contributed by atoms with Crippen LogP contribution in [0.5, 0.6) is 0 Å². The molecule has 1 N–H and O–H groups in total. The summed E-state index contributed by atoms with van der Waals surface area (Å²) in [7, 11) is 0. The molecule has 0 aliphatic carbocycles. The van der Waals surface area contributed by atoms with Crippen LogP contribution in [0.1, 0.15) is 11.3 Å². The van der Waals surface area contributed by atoms with Crippen molar-refractivity contribution in [1.29, 1.82) is 0 Å². The van der Waals surface area contributed by atoms with E-state index in [1.54, 1.807) is 17.8 Å². The lowest BCUT2D eigenvalue weighted by atomic mass is 10.2. The summed E-state index contributed by atoms with van der Waals surface area (Å²) in [6, 6.07) is 21.6. The lowest BCUT2D eigenvalue weighted by Gasteiger charge is -1.97. The van der Waals surface area contributed by atoms with Crippen molar-refractivity contribution in [1.82, 2.24) is 5.32 Å². The third-order valence-corrected chi connectivity index (χ3v) is 5.56. The molecule has 3 aromatic rings. The summed E-state index contributed by atoms with van der Waals surface area (Å²) in [4.78, 5) is 18.4. The Hall–Kier alpha value is -2.70. The highest BCUT2D eigenvalue weighted by atomic mass is 32.2. The van der Waals surface area contributed by atoms with Gasteiger partial charge in [-0.1, -0.05) is 42.1 Å². The fourth-order valence-corrected chi connectivity index (χ4v) is 4.12. The molecule has 0 unspecified atom stereocenters. The summed E-state index contributed by atoms with van der Waals surface area (Å²) < 4.78 is 5.82. The number of carbonyl (C=O) groups is 1. The lowest BCUT2D eigenvalue weighted by Crippen LogP contribution is -2.19. The molecule has 134 valence electrons. The number of amidine groups is 1. The molecule has 4 nitrogen and oxygen atoms in total. The highest BCUT2D eigenvalue weighted by Crippen LogP contribution is 2.32. The summed E-state index contributed by atoms with van der Waals surface area (Å²) in [5.74, 6) is 0.475. The van der Waals surface area contributed by atoms with Gasteiger partial charge in [0.25, 0.3) is 5.91 Å². The van der Waals surface area contributed by atoms with E-state index in [1.165, 1.54) is 11.8 Å². The van der Waals surface area contributed by atoms with E-state index < -0.39 is 0 Å². The first kappa shape index (κ1) is 17.7. The number of thioether (sulfide) groups is 1. The SMILES string of the molecule is Cc1cccc(N=C2NC(=O)/C(=C/c3ccc(Sc4ccccc4)o3)S2)c1. The molecule has 0 spiro atoms. The van der Waals surface area contributed by atoms with Gasteiger partial charge in [0.2, 0.25) is 0 Å². The van der Waals surface area contributed by atoms with E-state index in [1.807, 2.05) is 73.7 Å². The minimum atomic E-state index is -0.167. The van der Waals surface area contributed by atoms with Crippen LogP contribution in [-0.2, 0) is 4.79 Å². The minimum absolute atomic E-state index is 0.167. The van der Waals surface area contributed by atoms with Crippen molar-refractivity contribution in [3.63, 3.8) is 0 Å². The fourth-order valence-electron chi connectivity index (χ4n) is 2.50. The summed E-state index contributed by atoms with van der Waals surface area (Å²) in [5, 5.41) is 4.15. The number of rotatable bonds is 4. The zero-order chi connectivity index (χ0) is 18.6. The highest BCUT2D eigenvalue weighted by molar-refractivity contribution is 8.18. The molecule has 0 bridgehead atoms. The van der Waals surface area contributed by atoms with E-state index in [0.717, 1.165) is 21.2 Å². The number of benzene rings is 2. The second kappa shape index (κ2) is 7.90. The average Bonchev–Trinajstić information content (AvgIpc) is 3.22. The van der Waals surface area contributed by atoms with Gasteiger partial charge in [-0.05, 0) is 60.6 Å². The number of nitrogens with zero attached hydrogens (tertiary/aromatic N) is 1. The zero-order valence-corrected chi connectivity index (χ0v) is 16.1. The molecule has 1 aliphatic rings. The van der Waals surface area contributed by atoms with Crippen LogP contribution in [0.3, 0.4) is 0 Å². The van der Waals surface area contributed by atoms with Crippen molar-refractivity contribution in [2.75, 3.05) is 0 Å². The number of hydrogen-bond donors (Lipinski definition) is 1. The predicted octanol–water partition coefficient (Wildman–Crippen LogP) is 5.63. The Morgan fingerprint density at radius 1 is 1.07 bits per heavy atom. The molecule has 0 saturated carbocycles. The lowest BCUT2D eigenvalue weighted by molar-refractivity contribution is -0.115. The van der Waals surface area contributed by atoms with E-state index in [2.05, 4.69) is 10.3 Å². The topological polar surface area (TPSA) is 54.6 Å². The van der Waals surface area contributed by atoms with Crippen LogP contribution in [0.25, 0.3) is 6.08 Å². The average molecular weight is 393 g/mol. The Kier molecular flexibility index (Phi) is 5.18. The largest absolute Gasteiger partial charge is 0.450 e. The molecule has 2 aromatic carbocycles. The fraction of sp³-hybridized carbons (Fsp3) is 0.0476. The first-order valence-corrected chi connectivity index (χ1v) is 9.98. The van der Waals surface area contributed by atoms with Crippen LogP contribution < -0.4 is 5.32 Å². The van der Waals surface area contributed by atoms with Gasteiger partial charge in [-0.25, -0.2) is 4.99 Å². The predicted molar refractivity (Wildman–Crippen MR) is 111 cm³/mol. The molecule has 1 amide bonds. The van der Waals surface area contributed by atoms with Gasteiger partial charge in [-0.3, -0.25) is 4.79 Å². The van der Waals surface area contributed by atoms with Crippen molar-refractivity contribution in [3.05, 3.63) is 83.0 Å². The summed E-state index contributed by atoms with van der Waals surface area (Å²) in [6.45, 7) is 2.01. The third kappa shape index (κ3) is 4.53. The van der Waals surface area contributed by atoms with Gasteiger partial charge in [0.1, 0.15) is 5.76 Å². The zero-order valence-electron chi connectivity index (χ0n) is 14.5. The Bertz CT molecular complexity index is 1040. The second-order valence-electron chi connectivity index (χ2n) is 5.89. The van der Waals surface area contributed by atoms with E-state index in [-0.39, 0.29) is 5.91 Å². The summed E-state index contributed by atoms with van der Waals surface area (Å²) in [5.41, 5.74) is 1.94. The van der Waals surface area contributed by atoms with Crippen molar-refractivity contribution in [3.8, 4) is 0 Å². The maximum atomic E-state index is 12.2. The van der Waals surface area contributed by atoms with Gasteiger partial charge in [0.05, 0.1) is 10.6 Å². The van der Waals surface area contributed by atoms with Gasteiger partial charge in [0, 0.05) is 11.0 Å². The maximum Gasteiger partial charge on any atom is 0.264 e. The van der Waals surface area contributed by atoms with E-state index in [9.17, 15) is 4.79 Å². The van der Waals surface area contributed by atoms with Crippen molar-refractivity contribution in [2.45, 2.75) is 16.9 Å². The molecule has 1 fully saturated rings. The number of aliphatic imine (C=N–C) groups is 1. The van der Waals surface area contributed by atoms with Crippen LogP contribution in [0.15, 0.2) is 91.0 Å². The number of hydrogen-bond acceptors (Lipinski definition) is 5.